The molecule has 81 valence electrons. The predicted octanol–water partition coefficient (Wildman–Crippen LogP) is 3.29. The zero-order valence-corrected chi connectivity index (χ0v) is 12.4. The van der Waals surface area contributed by atoms with E-state index in [1.165, 1.54) is 5.56 Å². The van der Waals surface area contributed by atoms with Gasteiger partial charge < -0.3 is 4.74 Å². The fraction of sp³-hybridized carbons (Fsp3) is 0.143. The van der Waals surface area contributed by atoms with Gasteiger partial charge in [0.1, 0.15) is 0 Å². The fourth-order valence-corrected chi connectivity index (χ4v) is 0.978. The van der Waals surface area contributed by atoms with E-state index in [2.05, 4.69) is 19.1 Å². The average molecular weight is 287 g/mol. The molecule has 2 heteroatoms. The number of aryl methyl sites for hydroxylation is 1. The summed E-state index contributed by atoms with van der Waals surface area (Å²) < 4.78 is 4.89. The fourth-order valence-electron chi connectivity index (χ4n) is 0.978. The first kappa shape index (κ1) is 15.3. The maximum atomic E-state index is 4.89. The molecular formula is C14H14OY-2. The van der Waals surface area contributed by atoms with Crippen LogP contribution in [0, 0.1) is 19.1 Å². The molecule has 1 nitrogen and oxygen atoms in total. The van der Waals surface area contributed by atoms with Gasteiger partial charge in [0.15, 0.2) is 0 Å². The summed E-state index contributed by atoms with van der Waals surface area (Å²) in [5, 5.41) is 0. The Kier molecular flexibility index (Phi) is 9.17. The van der Waals surface area contributed by atoms with Gasteiger partial charge in [0, 0.05) is 38.5 Å². The SMILES string of the molecule is COc1cc[c-]cc1.Cc1cc[c-]cc1.[Y]. The van der Waals surface area contributed by atoms with Crippen LogP contribution in [0.2, 0.25) is 0 Å². The molecule has 0 atom stereocenters. The second-order valence-corrected chi connectivity index (χ2v) is 3.02. The number of hydrogen-bond acceptors (Lipinski definition) is 1. The average Bonchev–Trinajstić information content (AvgIpc) is 2.32. The van der Waals surface area contributed by atoms with Crippen LogP contribution in [0.3, 0.4) is 0 Å². The van der Waals surface area contributed by atoms with Crippen LogP contribution in [0.25, 0.3) is 0 Å². The van der Waals surface area contributed by atoms with Gasteiger partial charge in [-0.2, -0.15) is 54.1 Å². The van der Waals surface area contributed by atoms with E-state index in [4.69, 9.17) is 4.74 Å². The standard InChI is InChI=1S/C7H7O.C7H7.Y/c1-8-7-5-3-2-4-6-7;1-7-5-3-2-4-6-7;/h3-6H,1H3;3-6H,1H3;/q2*-1;. The van der Waals surface area contributed by atoms with Gasteiger partial charge in [-0.15, -0.1) is 12.1 Å². The van der Waals surface area contributed by atoms with Gasteiger partial charge in [-0.3, -0.25) is 0 Å². The van der Waals surface area contributed by atoms with Crippen molar-refractivity contribution in [3.63, 3.8) is 0 Å². The monoisotopic (exact) mass is 287 g/mol. The van der Waals surface area contributed by atoms with Crippen molar-refractivity contribution in [2.24, 2.45) is 0 Å². The van der Waals surface area contributed by atoms with Crippen LogP contribution in [-0.4, -0.2) is 7.11 Å². The van der Waals surface area contributed by atoms with Gasteiger partial charge in [0.05, 0.1) is 7.11 Å². The van der Waals surface area contributed by atoms with E-state index in [1.807, 2.05) is 48.5 Å². The summed E-state index contributed by atoms with van der Waals surface area (Å²) >= 11 is 0. The minimum atomic E-state index is 0. The van der Waals surface area contributed by atoms with E-state index in [-0.39, 0.29) is 32.7 Å². The quantitative estimate of drug-likeness (QED) is 0.731. The van der Waals surface area contributed by atoms with Crippen molar-refractivity contribution in [1.82, 2.24) is 0 Å². The Bertz CT molecular complexity index is 359. The van der Waals surface area contributed by atoms with Crippen molar-refractivity contribution in [2.45, 2.75) is 6.92 Å². The van der Waals surface area contributed by atoms with E-state index >= 15 is 0 Å². The second kappa shape index (κ2) is 9.56. The van der Waals surface area contributed by atoms with E-state index in [1.54, 1.807) is 7.11 Å². The van der Waals surface area contributed by atoms with Crippen LogP contribution < -0.4 is 4.74 Å². The molecule has 0 fully saturated rings. The summed E-state index contributed by atoms with van der Waals surface area (Å²) in [6.45, 7) is 2.06. The minimum Gasteiger partial charge on any atom is -0.522 e. The van der Waals surface area contributed by atoms with Crippen LogP contribution in [0.1, 0.15) is 5.56 Å². The molecule has 1 radical (unpaired) electrons. The Hall–Kier alpha value is -0.656. The molecule has 0 heterocycles. The number of ether oxygens (including phenoxy) is 1. The topological polar surface area (TPSA) is 9.23 Å². The van der Waals surface area contributed by atoms with E-state index in [0.29, 0.717) is 0 Å². The molecule has 0 spiro atoms. The first-order valence-electron chi connectivity index (χ1n) is 4.76. The van der Waals surface area contributed by atoms with Crippen molar-refractivity contribution in [3.8, 4) is 5.75 Å². The minimum absolute atomic E-state index is 0. The van der Waals surface area contributed by atoms with E-state index in [9.17, 15) is 0 Å². The number of hydrogen-bond donors (Lipinski definition) is 0. The Labute approximate surface area is 123 Å². The zero-order valence-electron chi connectivity index (χ0n) is 9.60. The molecule has 0 saturated heterocycles. The summed E-state index contributed by atoms with van der Waals surface area (Å²) in [6, 6.07) is 21.1. The first-order valence-corrected chi connectivity index (χ1v) is 4.76. The van der Waals surface area contributed by atoms with Gasteiger partial charge >= 0.3 is 0 Å². The second-order valence-electron chi connectivity index (χ2n) is 3.02. The molecule has 0 saturated carbocycles. The van der Waals surface area contributed by atoms with E-state index < -0.39 is 0 Å². The summed E-state index contributed by atoms with van der Waals surface area (Å²) in [4.78, 5) is 0. The normalized spacial score (nSPS) is 8.12. The molecule has 2 aromatic carbocycles. The number of benzene rings is 2. The number of rotatable bonds is 1. The van der Waals surface area contributed by atoms with Gasteiger partial charge in [0.2, 0.25) is 0 Å². The predicted molar refractivity (Wildman–Crippen MR) is 61.8 cm³/mol. The molecule has 0 amide bonds. The van der Waals surface area contributed by atoms with Crippen LogP contribution in [-0.2, 0) is 32.7 Å². The maximum Gasteiger partial charge on any atom is 0.0743 e. The van der Waals surface area contributed by atoms with Gasteiger partial charge in [0.25, 0.3) is 0 Å². The van der Waals surface area contributed by atoms with Crippen molar-refractivity contribution in [3.05, 3.63) is 66.2 Å². The number of methoxy groups -OCH3 is 1. The third kappa shape index (κ3) is 6.76. The third-order valence-corrected chi connectivity index (χ3v) is 1.81. The van der Waals surface area contributed by atoms with Crippen molar-refractivity contribution >= 4 is 0 Å². The summed E-state index contributed by atoms with van der Waals surface area (Å²) in [7, 11) is 1.65. The summed E-state index contributed by atoms with van der Waals surface area (Å²) in [5.74, 6) is 0.878. The zero-order chi connectivity index (χ0) is 10.9. The van der Waals surface area contributed by atoms with Crippen LogP contribution in [0.5, 0.6) is 5.75 Å². The molecule has 0 bridgehead atoms. The molecule has 16 heavy (non-hydrogen) atoms. The largest absolute Gasteiger partial charge is 0.522 e. The van der Waals surface area contributed by atoms with Crippen molar-refractivity contribution < 1.29 is 37.4 Å². The summed E-state index contributed by atoms with van der Waals surface area (Å²) in [5.41, 5.74) is 1.29. The van der Waals surface area contributed by atoms with Gasteiger partial charge in [-0.25, -0.2) is 0 Å². The molecule has 2 rings (SSSR count). The van der Waals surface area contributed by atoms with Crippen LogP contribution in [0.15, 0.2) is 48.5 Å². The molecular weight excluding hydrogens is 273 g/mol. The van der Waals surface area contributed by atoms with Crippen LogP contribution >= 0.6 is 0 Å². The van der Waals surface area contributed by atoms with Gasteiger partial charge in [-0.1, -0.05) is 6.92 Å². The third-order valence-electron chi connectivity index (χ3n) is 1.81. The van der Waals surface area contributed by atoms with Crippen LogP contribution in [0.4, 0.5) is 0 Å². The Morgan fingerprint density at radius 3 is 1.56 bits per heavy atom. The first-order chi connectivity index (χ1) is 7.33. The molecule has 0 aliphatic carbocycles. The van der Waals surface area contributed by atoms with Gasteiger partial charge in [-0.05, 0) is 0 Å². The molecule has 0 aromatic heterocycles. The molecule has 0 unspecified atom stereocenters. The molecule has 0 N–H and O–H groups in total. The van der Waals surface area contributed by atoms with Crippen molar-refractivity contribution in [2.75, 3.05) is 7.11 Å². The molecule has 0 aliphatic heterocycles. The van der Waals surface area contributed by atoms with Crippen molar-refractivity contribution in [1.29, 1.82) is 0 Å². The Balaban J connectivity index is 0.000000267. The van der Waals surface area contributed by atoms with E-state index in [0.717, 1.165) is 5.75 Å². The Morgan fingerprint density at radius 1 is 0.875 bits per heavy atom. The maximum absolute atomic E-state index is 4.89. The Morgan fingerprint density at radius 2 is 1.31 bits per heavy atom. The molecule has 2 aromatic rings. The molecule has 0 aliphatic rings. The smallest absolute Gasteiger partial charge is 0.0743 e. The summed E-state index contributed by atoms with van der Waals surface area (Å²) in [6.07, 6.45) is 0.